The van der Waals surface area contributed by atoms with Gasteiger partial charge in [-0.05, 0) is 53.9 Å². The molecule has 0 atom stereocenters. The molecule has 3 aromatic carbocycles. The summed E-state index contributed by atoms with van der Waals surface area (Å²) in [6, 6.07) is 24.8. The van der Waals surface area contributed by atoms with Crippen LogP contribution in [0.3, 0.4) is 0 Å². The molecule has 0 aliphatic carbocycles. The molecule has 0 aliphatic rings. The second-order valence-electron chi connectivity index (χ2n) is 7.87. The Hall–Kier alpha value is -4.54. The van der Waals surface area contributed by atoms with E-state index < -0.39 is 16.7 Å². The van der Waals surface area contributed by atoms with Gasteiger partial charge in [0.25, 0.3) is 17.5 Å². The molecule has 10 heteroatoms. The molecule has 4 aromatic rings. The molecular formula is C28H21N3O5S2. The molecular weight excluding hydrogens is 522 g/mol. The van der Waals surface area contributed by atoms with Crippen LogP contribution in [0.2, 0.25) is 0 Å². The van der Waals surface area contributed by atoms with E-state index >= 15 is 0 Å². The summed E-state index contributed by atoms with van der Waals surface area (Å²) in [5.41, 5.74) is 0.542. The molecule has 190 valence electrons. The van der Waals surface area contributed by atoms with Gasteiger partial charge in [-0.1, -0.05) is 42.5 Å². The van der Waals surface area contributed by atoms with E-state index in [-0.39, 0.29) is 28.5 Å². The Bertz CT molecular complexity index is 1500. The molecule has 8 nitrogen and oxygen atoms in total. The summed E-state index contributed by atoms with van der Waals surface area (Å²) in [4.78, 5) is 50.8. The molecule has 0 radical (unpaired) electrons. The Labute approximate surface area is 226 Å². The van der Waals surface area contributed by atoms with Crippen LogP contribution in [0.1, 0.15) is 25.6 Å². The first-order valence-corrected chi connectivity index (χ1v) is 13.2. The minimum atomic E-state index is -0.663. The number of rotatable bonds is 10. The van der Waals surface area contributed by atoms with Gasteiger partial charge in [-0.2, -0.15) is 0 Å². The summed E-state index contributed by atoms with van der Waals surface area (Å²) in [6.45, 7) is 0. The van der Waals surface area contributed by atoms with Gasteiger partial charge in [0.05, 0.1) is 21.1 Å². The summed E-state index contributed by atoms with van der Waals surface area (Å²) < 4.78 is 0. The lowest BCUT2D eigenvalue weighted by molar-refractivity contribution is -0.385. The number of nitro groups is 1. The van der Waals surface area contributed by atoms with Crippen LogP contribution in [-0.2, 0) is 4.79 Å². The normalized spacial score (nSPS) is 11.0. The fourth-order valence-corrected chi connectivity index (χ4v) is 4.99. The molecule has 0 unspecified atom stereocenters. The van der Waals surface area contributed by atoms with Crippen molar-refractivity contribution in [1.29, 1.82) is 0 Å². The molecule has 38 heavy (non-hydrogen) atoms. The number of hydrogen-bond acceptors (Lipinski definition) is 7. The molecule has 4 rings (SSSR count). The highest BCUT2D eigenvalue weighted by atomic mass is 32.2. The van der Waals surface area contributed by atoms with E-state index in [1.165, 1.54) is 47.4 Å². The fourth-order valence-electron chi connectivity index (χ4n) is 3.39. The van der Waals surface area contributed by atoms with Crippen molar-refractivity contribution in [3.05, 3.63) is 128 Å². The SMILES string of the molecule is O=C(Nc1cccc(SCC(=O)c2cccs2)c1)/C(=C/c1ccccc1[N+](=O)[O-])NC(=O)c1ccccc1. The van der Waals surface area contributed by atoms with Crippen LogP contribution in [0.5, 0.6) is 0 Å². The minimum Gasteiger partial charge on any atom is -0.321 e. The third-order valence-electron chi connectivity index (χ3n) is 5.22. The number of thioether (sulfide) groups is 1. The molecule has 0 spiro atoms. The Kier molecular flexibility index (Phi) is 8.81. The maximum atomic E-state index is 13.3. The lowest BCUT2D eigenvalue weighted by Gasteiger charge is -2.12. The Morgan fingerprint density at radius 1 is 0.921 bits per heavy atom. The number of hydrogen-bond donors (Lipinski definition) is 2. The molecule has 0 aliphatic heterocycles. The topological polar surface area (TPSA) is 118 Å². The van der Waals surface area contributed by atoms with Gasteiger partial charge in [-0.25, -0.2) is 0 Å². The minimum absolute atomic E-state index is 0.0118. The number of thiophene rings is 1. The maximum Gasteiger partial charge on any atom is 0.276 e. The summed E-state index contributed by atoms with van der Waals surface area (Å²) in [5, 5.41) is 18.7. The number of Topliss-reactive ketones (excluding diaryl/α,β-unsaturated/α-hetero) is 1. The highest BCUT2D eigenvalue weighted by molar-refractivity contribution is 8.00. The largest absolute Gasteiger partial charge is 0.321 e. The summed E-state index contributed by atoms with van der Waals surface area (Å²) >= 11 is 2.72. The van der Waals surface area contributed by atoms with Gasteiger partial charge in [0.1, 0.15) is 5.70 Å². The number of carbonyl (C=O) groups is 3. The van der Waals surface area contributed by atoms with E-state index in [1.807, 2.05) is 17.5 Å². The van der Waals surface area contributed by atoms with Crippen molar-refractivity contribution < 1.29 is 19.3 Å². The van der Waals surface area contributed by atoms with Gasteiger partial charge < -0.3 is 10.6 Å². The first-order valence-electron chi connectivity index (χ1n) is 11.3. The van der Waals surface area contributed by atoms with E-state index in [2.05, 4.69) is 10.6 Å². The zero-order valence-electron chi connectivity index (χ0n) is 19.8. The van der Waals surface area contributed by atoms with Crippen molar-refractivity contribution >= 4 is 58.1 Å². The number of nitrogens with one attached hydrogen (secondary N) is 2. The highest BCUT2D eigenvalue weighted by Gasteiger charge is 2.18. The van der Waals surface area contributed by atoms with Crippen molar-refractivity contribution in [2.75, 3.05) is 11.1 Å². The number of para-hydroxylation sites is 1. The third kappa shape index (κ3) is 7.02. The second kappa shape index (κ2) is 12.6. The first kappa shape index (κ1) is 26.5. The van der Waals surface area contributed by atoms with Crippen LogP contribution in [0.15, 0.2) is 107 Å². The third-order valence-corrected chi connectivity index (χ3v) is 7.12. The highest BCUT2D eigenvalue weighted by Crippen LogP contribution is 2.25. The van der Waals surface area contributed by atoms with E-state index in [0.29, 0.717) is 16.1 Å². The van der Waals surface area contributed by atoms with Gasteiger partial charge >= 0.3 is 0 Å². The average Bonchev–Trinajstić information content (AvgIpc) is 3.47. The monoisotopic (exact) mass is 543 g/mol. The van der Waals surface area contributed by atoms with Crippen molar-refractivity contribution in [3.63, 3.8) is 0 Å². The molecule has 0 saturated heterocycles. The summed E-state index contributed by atoms with van der Waals surface area (Å²) in [6.07, 6.45) is 1.27. The molecule has 0 bridgehead atoms. The first-order chi connectivity index (χ1) is 18.4. The summed E-state index contributed by atoms with van der Waals surface area (Å²) in [7, 11) is 0. The predicted octanol–water partition coefficient (Wildman–Crippen LogP) is 6.04. The van der Waals surface area contributed by atoms with Crippen molar-refractivity contribution in [3.8, 4) is 0 Å². The van der Waals surface area contributed by atoms with Gasteiger partial charge in [-0.3, -0.25) is 24.5 Å². The van der Waals surface area contributed by atoms with Crippen molar-refractivity contribution in [2.45, 2.75) is 4.90 Å². The van der Waals surface area contributed by atoms with Crippen LogP contribution in [-0.4, -0.2) is 28.3 Å². The number of benzene rings is 3. The quantitative estimate of drug-likeness (QED) is 0.0828. The number of nitro benzene ring substituents is 1. The van der Waals surface area contributed by atoms with Gasteiger partial charge in [0, 0.05) is 22.2 Å². The van der Waals surface area contributed by atoms with Gasteiger partial charge in [0.15, 0.2) is 5.78 Å². The second-order valence-corrected chi connectivity index (χ2v) is 9.86. The average molecular weight is 544 g/mol. The maximum absolute atomic E-state index is 13.3. The van der Waals surface area contributed by atoms with Crippen molar-refractivity contribution in [2.24, 2.45) is 0 Å². The van der Waals surface area contributed by atoms with Gasteiger partial charge in [0.2, 0.25) is 0 Å². The van der Waals surface area contributed by atoms with Crippen LogP contribution < -0.4 is 10.6 Å². The molecule has 1 heterocycles. The Balaban J connectivity index is 1.55. The number of ketones is 1. The number of nitrogens with zero attached hydrogens (tertiary/aromatic N) is 1. The number of carbonyl (C=O) groups excluding carboxylic acids is 3. The van der Waals surface area contributed by atoms with Crippen LogP contribution in [0.25, 0.3) is 6.08 Å². The lowest BCUT2D eigenvalue weighted by atomic mass is 10.1. The predicted molar refractivity (Wildman–Crippen MR) is 149 cm³/mol. The van der Waals surface area contributed by atoms with E-state index in [4.69, 9.17) is 0 Å². The number of amides is 2. The summed E-state index contributed by atoms with van der Waals surface area (Å²) in [5.74, 6) is -0.947. The van der Waals surface area contributed by atoms with E-state index in [0.717, 1.165) is 4.90 Å². The lowest BCUT2D eigenvalue weighted by Crippen LogP contribution is -2.30. The van der Waals surface area contributed by atoms with Crippen LogP contribution in [0, 0.1) is 10.1 Å². The molecule has 2 N–H and O–H groups in total. The van der Waals surface area contributed by atoms with Crippen LogP contribution in [0.4, 0.5) is 11.4 Å². The van der Waals surface area contributed by atoms with E-state index in [9.17, 15) is 24.5 Å². The smallest absolute Gasteiger partial charge is 0.276 e. The van der Waals surface area contributed by atoms with Crippen molar-refractivity contribution in [1.82, 2.24) is 5.32 Å². The fraction of sp³-hybridized carbons (Fsp3) is 0.0357. The Morgan fingerprint density at radius 2 is 1.68 bits per heavy atom. The number of anilines is 1. The zero-order chi connectivity index (χ0) is 26.9. The standard InChI is InChI=1S/C28H21N3O5S2/c32-25(26-14-7-15-37-26)18-38-22-12-6-11-21(17-22)29-28(34)23(30-27(33)19-8-2-1-3-9-19)16-20-10-4-5-13-24(20)31(35)36/h1-17H,18H2,(H,29,34)(H,30,33)/b23-16-. The molecule has 0 fully saturated rings. The molecule has 2 amide bonds. The van der Waals surface area contributed by atoms with Gasteiger partial charge in [-0.15, -0.1) is 23.1 Å². The van der Waals surface area contributed by atoms with Crippen LogP contribution >= 0.6 is 23.1 Å². The molecule has 0 saturated carbocycles. The Morgan fingerprint density at radius 3 is 2.42 bits per heavy atom. The zero-order valence-corrected chi connectivity index (χ0v) is 21.5. The van der Waals surface area contributed by atoms with E-state index in [1.54, 1.807) is 60.7 Å². The molecule has 1 aromatic heterocycles.